The van der Waals surface area contributed by atoms with Gasteiger partial charge in [0.25, 0.3) is 0 Å². The van der Waals surface area contributed by atoms with Crippen molar-refractivity contribution >= 4 is 32.5 Å². The van der Waals surface area contributed by atoms with E-state index in [0.717, 1.165) is 23.1 Å². The van der Waals surface area contributed by atoms with Gasteiger partial charge < -0.3 is 5.32 Å². The van der Waals surface area contributed by atoms with Gasteiger partial charge in [-0.2, -0.15) is 4.31 Å². The van der Waals surface area contributed by atoms with Crippen molar-refractivity contribution in [1.82, 2.24) is 9.29 Å². The molecule has 2 aromatic carbocycles. The molecule has 1 saturated heterocycles. The molecule has 1 aliphatic rings. The van der Waals surface area contributed by atoms with E-state index in [1.807, 2.05) is 43.3 Å². The van der Waals surface area contributed by atoms with Gasteiger partial charge in [-0.3, -0.25) is 9.78 Å². The number of amides is 1. The monoisotopic (exact) mass is 423 g/mol. The SMILES string of the molecule is CCc1ccccc1NC(=O)C1CCCN(S(=O)(=O)c2cccc3cccnc23)C1. The quantitative estimate of drug-likeness (QED) is 0.676. The maximum absolute atomic E-state index is 13.4. The van der Waals surface area contributed by atoms with Gasteiger partial charge in [-0.25, -0.2) is 8.42 Å². The standard InChI is InChI=1S/C23H25N3O3S/c1-2-17-8-3-4-12-20(17)25-23(27)19-11-7-15-26(16-19)30(28,29)21-13-5-9-18-10-6-14-24-22(18)21/h3-6,8-10,12-14,19H,2,7,11,15-16H2,1H3,(H,25,27). The van der Waals surface area contributed by atoms with Gasteiger partial charge in [0.1, 0.15) is 4.90 Å². The van der Waals surface area contributed by atoms with Crippen LogP contribution in [0.25, 0.3) is 10.9 Å². The van der Waals surface area contributed by atoms with E-state index in [4.69, 9.17) is 0 Å². The Bertz CT molecular complexity index is 1170. The lowest BCUT2D eigenvalue weighted by Crippen LogP contribution is -2.43. The van der Waals surface area contributed by atoms with Crippen LogP contribution in [0.3, 0.4) is 0 Å². The fraction of sp³-hybridized carbons (Fsp3) is 0.304. The summed E-state index contributed by atoms with van der Waals surface area (Å²) in [6.45, 7) is 2.62. The summed E-state index contributed by atoms with van der Waals surface area (Å²) in [5, 5.41) is 3.78. The third kappa shape index (κ3) is 3.95. The third-order valence-corrected chi connectivity index (χ3v) is 7.52. The van der Waals surface area contributed by atoms with Crippen LogP contribution in [-0.4, -0.2) is 36.7 Å². The van der Waals surface area contributed by atoms with Crippen LogP contribution >= 0.6 is 0 Å². The largest absolute Gasteiger partial charge is 0.326 e. The summed E-state index contributed by atoms with van der Waals surface area (Å²) in [4.78, 5) is 17.4. The average Bonchev–Trinajstić information content (AvgIpc) is 2.79. The zero-order valence-corrected chi connectivity index (χ0v) is 17.7. The minimum Gasteiger partial charge on any atom is -0.326 e. The van der Waals surface area contributed by atoms with E-state index in [0.29, 0.717) is 24.9 Å². The number of carbonyl (C=O) groups excluding carboxylic acids is 1. The fourth-order valence-corrected chi connectivity index (χ4v) is 5.67. The lowest BCUT2D eigenvalue weighted by molar-refractivity contribution is -0.120. The number of carbonyl (C=O) groups is 1. The van der Waals surface area contributed by atoms with E-state index in [-0.39, 0.29) is 23.3 Å². The first-order valence-electron chi connectivity index (χ1n) is 10.2. The molecule has 1 N–H and O–H groups in total. The molecule has 1 unspecified atom stereocenters. The predicted octanol–water partition coefficient (Wildman–Crippen LogP) is 3.84. The molecule has 0 bridgehead atoms. The van der Waals surface area contributed by atoms with Gasteiger partial charge >= 0.3 is 0 Å². The molecular formula is C23H25N3O3S. The van der Waals surface area contributed by atoms with Crippen LogP contribution in [0.15, 0.2) is 65.7 Å². The van der Waals surface area contributed by atoms with Gasteiger partial charge in [0, 0.05) is 30.4 Å². The van der Waals surface area contributed by atoms with Crippen molar-refractivity contribution in [2.75, 3.05) is 18.4 Å². The van der Waals surface area contributed by atoms with Gasteiger partial charge in [0.05, 0.1) is 11.4 Å². The highest BCUT2D eigenvalue weighted by Crippen LogP contribution is 2.28. The molecule has 7 heteroatoms. The molecule has 1 aromatic heterocycles. The Balaban J connectivity index is 1.56. The Kier molecular flexibility index (Phi) is 5.83. The highest BCUT2D eigenvalue weighted by atomic mass is 32.2. The number of nitrogens with one attached hydrogen (secondary N) is 1. The van der Waals surface area contributed by atoms with E-state index in [1.54, 1.807) is 24.4 Å². The topological polar surface area (TPSA) is 79.4 Å². The molecule has 30 heavy (non-hydrogen) atoms. The van der Waals surface area contributed by atoms with Crippen molar-refractivity contribution < 1.29 is 13.2 Å². The number of rotatable bonds is 5. The summed E-state index contributed by atoms with van der Waals surface area (Å²) >= 11 is 0. The summed E-state index contributed by atoms with van der Waals surface area (Å²) in [6, 6.07) is 16.5. The summed E-state index contributed by atoms with van der Waals surface area (Å²) in [6.07, 6.45) is 3.72. The zero-order chi connectivity index (χ0) is 21.1. The number of piperidine rings is 1. The van der Waals surface area contributed by atoms with Crippen LogP contribution < -0.4 is 5.32 Å². The second-order valence-corrected chi connectivity index (χ2v) is 9.44. The predicted molar refractivity (Wildman–Crippen MR) is 118 cm³/mol. The van der Waals surface area contributed by atoms with Crippen molar-refractivity contribution in [1.29, 1.82) is 0 Å². The number of fused-ring (bicyclic) bond motifs is 1. The van der Waals surface area contributed by atoms with Crippen molar-refractivity contribution in [3.05, 3.63) is 66.4 Å². The number of nitrogens with zero attached hydrogens (tertiary/aromatic N) is 2. The number of aromatic nitrogens is 1. The second-order valence-electron chi connectivity index (χ2n) is 7.53. The highest BCUT2D eigenvalue weighted by molar-refractivity contribution is 7.89. The number of hydrogen-bond donors (Lipinski definition) is 1. The lowest BCUT2D eigenvalue weighted by atomic mass is 9.98. The lowest BCUT2D eigenvalue weighted by Gasteiger charge is -2.31. The third-order valence-electron chi connectivity index (χ3n) is 5.62. The minimum atomic E-state index is -3.75. The summed E-state index contributed by atoms with van der Waals surface area (Å²) in [5.74, 6) is -0.520. The Morgan fingerprint density at radius 1 is 1.13 bits per heavy atom. The molecule has 1 amide bonds. The Morgan fingerprint density at radius 2 is 1.93 bits per heavy atom. The number of anilines is 1. The van der Waals surface area contributed by atoms with Crippen molar-refractivity contribution in [2.45, 2.75) is 31.1 Å². The van der Waals surface area contributed by atoms with Crippen LogP contribution in [0.1, 0.15) is 25.3 Å². The maximum atomic E-state index is 13.4. The Labute approximate surface area is 177 Å². The molecule has 1 aliphatic heterocycles. The maximum Gasteiger partial charge on any atom is 0.245 e. The fourth-order valence-electron chi connectivity index (χ4n) is 3.98. The van der Waals surface area contributed by atoms with Crippen molar-refractivity contribution in [2.24, 2.45) is 5.92 Å². The molecule has 0 aliphatic carbocycles. The first-order valence-corrected chi connectivity index (χ1v) is 11.7. The van der Waals surface area contributed by atoms with Crippen LogP contribution in [-0.2, 0) is 21.2 Å². The average molecular weight is 424 g/mol. The minimum absolute atomic E-state index is 0.133. The van der Waals surface area contributed by atoms with E-state index in [1.165, 1.54) is 4.31 Å². The molecule has 1 fully saturated rings. The number of aryl methyl sites for hydroxylation is 1. The van der Waals surface area contributed by atoms with Crippen molar-refractivity contribution in [3.8, 4) is 0 Å². The zero-order valence-electron chi connectivity index (χ0n) is 16.9. The van der Waals surface area contributed by atoms with Gasteiger partial charge in [0.15, 0.2) is 0 Å². The van der Waals surface area contributed by atoms with E-state index in [9.17, 15) is 13.2 Å². The molecule has 0 saturated carbocycles. The van der Waals surface area contributed by atoms with Crippen LogP contribution in [0.2, 0.25) is 0 Å². The Morgan fingerprint density at radius 3 is 2.77 bits per heavy atom. The molecule has 0 radical (unpaired) electrons. The number of sulfonamides is 1. The number of para-hydroxylation sites is 2. The van der Waals surface area contributed by atoms with Crippen LogP contribution in [0.4, 0.5) is 5.69 Å². The molecular weight excluding hydrogens is 398 g/mol. The number of pyridine rings is 1. The highest BCUT2D eigenvalue weighted by Gasteiger charge is 2.34. The first kappa shape index (κ1) is 20.5. The molecule has 2 heterocycles. The van der Waals surface area contributed by atoms with Gasteiger partial charge in [-0.15, -0.1) is 0 Å². The first-order chi connectivity index (χ1) is 14.5. The molecule has 4 rings (SSSR count). The van der Waals surface area contributed by atoms with Gasteiger partial charge in [-0.05, 0) is 43.0 Å². The number of benzene rings is 2. The van der Waals surface area contributed by atoms with Crippen LogP contribution in [0.5, 0.6) is 0 Å². The van der Waals surface area contributed by atoms with Gasteiger partial charge in [0.2, 0.25) is 15.9 Å². The molecule has 6 nitrogen and oxygen atoms in total. The summed E-state index contributed by atoms with van der Waals surface area (Å²) < 4.78 is 28.2. The number of hydrogen-bond acceptors (Lipinski definition) is 4. The summed E-state index contributed by atoms with van der Waals surface area (Å²) in [5.41, 5.74) is 2.32. The smallest absolute Gasteiger partial charge is 0.245 e. The van der Waals surface area contributed by atoms with Crippen LogP contribution in [0, 0.1) is 5.92 Å². The molecule has 3 aromatic rings. The normalized spacial score (nSPS) is 17.7. The summed E-state index contributed by atoms with van der Waals surface area (Å²) in [7, 11) is -3.75. The van der Waals surface area contributed by atoms with E-state index >= 15 is 0 Å². The van der Waals surface area contributed by atoms with Gasteiger partial charge in [-0.1, -0.05) is 43.3 Å². The van der Waals surface area contributed by atoms with E-state index in [2.05, 4.69) is 10.3 Å². The molecule has 1 atom stereocenters. The second kappa shape index (κ2) is 8.53. The Hall–Kier alpha value is -2.77. The molecule has 156 valence electrons. The molecule has 0 spiro atoms. The van der Waals surface area contributed by atoms with Crippen molar-refractivity contribution in [3.63, 3.8) is 0 Å². The van der Waals surface area contributed by atoms with E-state index < -0.39 is 10.0 Å².